The number of hydrogen-bond donors (Lipinski definition) is 2. The van der Waals surface area contributed by atoms with Crippen LogP contribution < -0.4 is 5.32 Å². The van der Waals surface area contributed by atoms with E-state index in [1.165, 1.54) is 4.31 Å². The first kappa shape index (κ1) is 24.4. The van der Waals surface area contributed by atoms with E-state index in [4.69, 9.17) is 0 Å². The van der Waals surface area contributed by atoms with E-state index in [9.17, 15) is 23.1 Å². The number of nitrogens with zero attached hydrogens (tertiary/aromatic N) is 2. The first-order valence-electron chi connectivity index (χ1n) is 9.06. The van der Waals surface area contributed by atoms with E-state index in [1.807, 2.05) is 30.3 Å². The minimum absolute atomic E-state index is 0. The maximum atomic E-state index is 12.3. The number of benzene rings is 1. The van der Waals surface area contributed by atoms with Gasteiger partial charge < -0.3 is 10.4 Å². The number of carbonyl (C=O) groups is 2. The van der Waals surface area contributed by atoms with Gasteiger partial charge in [-0.1, -0.05) is 30.3 Å². The number of rotatable bonds is 9. The average Bonchev–Trinajstić information content (AvgIpc) is 2.66. The van der Waals surface area contributed by atoms with Crippen LogP contribution in [0.25, 0.3) is 0 Å². The van der Waals surface area contributed by atoms with E-state index in [2.05, 4.69) is 5.32 Å². The zero-order valence-electron chi connectivity index (χ0n) is 15.9. The van der Waals surface area contributed by atoms with Gasteiger partial charge in [0.2, 0.25) is 15.9 Å². The standard InChI is InChI=1S/C18H27N3O5S.ClH/c1-2-27(25,26)21-10-8-16(9-11-21)20(14-18(23)24)13-17(22)19-12-15-6-4-3-5-7-15;/h3-7,16H,2,8-14H2,1H3,(H,19,22)(H,23,24);1H. The van der Waals surface area contributed by atoms with Gasteiger partial charge in [0.1, 0.15) is 0 Å². The van der Waals surface area contributed by atoms with Crippen LogP contribution in [-0.2, 0) is 26.2 Å². The van der Waals surface area contributed by atoms with Crippen molar-refractivity contribution >= 4 is 34.3 Å². The largest absolute Gasteiger partial charge is 0.480 e. The number of amides is 1. The molecule has 2 rings (SSSR count). The molecule has 8 nitrogen and oxygen atoms in total. The van der Waals surface area contributed by atoms with Gasteiger partial charge in [-0.15, -0.1) is 12.4 Å². The number of sulfonamides is 1. The highest BCUT2D eigenvalue weighted by atomic mass is 35.5. The second kappa shape index (κ2) is 11.4. The summed E-state index contributed by atoms with van der Waals surface area (Å²) in [5, 5.41) is 12.0. The van der Waals surface area contributed by atoms with Crippen molar-refractivity contribution in [2.75, 3.05) is 31.9 Å². The molecule has 0 unspecified atom stereocenters. The van der Waals surface area contributed by atoms with Crippen LogP contribution in [0.3, 0.4) is 0 Å². The summed E-state index contributed by atoms with van der Waals surface area (Å²) in [6, 6.07) is 9.34. The number of nitrogens with one attached hydrogen (secondary N) is 1. The molecule has 1 heterocycles. The molecule has 10 heteroatoms. The fraction of sp³-hybridized carbons (Fsp3) is 0.556. The SMILES string of the molecule is CCS(=O)(=O)N1CCC(N(CC(=O)O)CC(=O)NCc2ccccc2)CC1.Cl. The molecule has 0 aliphatic carbocycles. The Bertz CT molecular complexity index is 737. The summed E-state index contributed by atoms with van der Waals surface area (Å²) in [7, 11) is -3.24. The van der Waals surface area contributed by atoms with Gasteiger partial charge in [0.05, 0.1) is 18.8 Å². The highest BCUT2D eigenvalue weighted by Crippen LogP contribution is 2.19. The van der Waals surface area contributed by atoms with Crippen molar-refractivity contribution in [2.45, 2.75) is 32.4 Å². The Kier molecular flexibility index (Phi) is 9.88. The first-order valence-corrected chi connectivity index (χ1v) is 10.7. The molecule has 1 fully saturated rings. The van der Waals surface area contributed by atoms with Crippen molar-refractivity contribution in [1.29, 1.82) is 0 Å². The van der Waals surface area contributed by atoms with Crippen molar-refractivity contribution in [3.8, 4) is 0 Å². The van der Waals surface area contributed by atoms with Gasteiger partial charge in [-0.3, -0.25) is 14.5 Å². The van der Waals surface area contributed by atoms with Gasteiger partial charge in [-0.2, -0.15) is 0 Å². The maximum Gasteiger partial charge on any atom is 0.317 e. The highest BCUT2D eigenvalue weighted by molar-refractivity contribution is 7.89. The Labute approximate surface area is 172 Å². The van der Waals surface area contributed by atoms with Crippen LogP contribution in [0.1, 0.15) is 25.3 Å². The molecule has 0 spiro atoms. The molecule has 1 aromatic carbocycles. The molecule has 1 aliphatic heterocycles. The molecule has 1 saturated heterocycles. The van der Waals surface area contributed by atoms with Crippen molar-refractivity contribution < 1.29 is 23.1 Å². The summed E-state index contributed by atoms with van der Waals surface area (Å²) in [4.78, 5) is 25.1. The lowest BCUT2D eigenvalue weighted by Gasteiger charge is -2.36. The van der Waals surface area contributed by atoms with Crippen LogP contribution in [0, 0.1) is 0 Å². The predicted octanol–water partition coefficient (Wildman–Crippen LogP) is 0.925. The minimum Gasteiger partial charge on any atom is -0.480 e. The predicted molar refractivity (Wildman–Crippen MR) is 109 cm³/mol. The average molecular weight is 434 g/mol. The second-order valence-electron chi connectivity index (χ2n) is 6.59. The quantitative estimate of drug-likeness (QED) is 0.599. The molecule has 1 amide bonds. The smallest absolute Gasteiger partial charge is 0.317 e. The second-order valence-corrected chi connectivity index (χ2v) is 8.85. The van der Waals surface area contributed by atoms with E-state index < -0.39 is 16.0 Å². The number of hydrogen-bond acceptors (Lipinski definition) is 5. The third kappa shape index (κ3) is 7.38. The van der Waals surface area contributed by atoms with Gasteiger partial charge in [0, 0.05) is 25.7 Å². The van der Waals surface area contributed by atoms with Crippen molar-refractivity contribution in [3.63, 3.8) is 0 Å². The number of halogens is 1. The molecule has 158 valence electrons. The van der Waals surface area contributed by atoms with Crippen LogP contribution in [0.15, 0.2) is 30.3 Å². The molecule has 2 N–H and O–H groups in total. The molecule has 0 aromatic heterocycles. The lowest BCUT2D eigenvalue weighted by atomic mass is 10.0. The van der Waals surface area contributed by atoms with Crippen molar-refractivity contribution in [1.82, 2.24) is 14.5 Å². The summed E-state index contributed by atoms with van der Waals surface area (Å²) >= 11 is 0. The number of carboxylic acid groups (broad SMARTS) is 1. The van der Waals surface area contributed by atoms with Crippen molar-refractivity contribution in [2.24, 2.45) is 0 Å². The molecule has 0 bridgehead atoms. The van der Waals surface area contributed by atoms with Gasteiger partial charge in [-0.05, 0) is 25.3 Å². The Morgan fingerprint density at radius 1 is 1.18 bits per heavy atom. The summed E-state index contributed by atoms with van der Waals surface area (Å²) in [5.41, 5.74) is 0.966. The third-order valence-corrected chi connectivity index (χ3v) is 6.60. The Hall–Kier alpha value is -1.68. The summed E-state index contributed by atoms with van der Waals surface area (Å²) in [6.45, 7) is 2.42. The Morgan fingerprint density at radius 2 is 1.79 bits per heavy atom. The molecule has 0 saturated carbocycles. The van der Waals surface area contributed by atoms with Crippen molar-refractivity contribution in [3.05, 3.63) is 35.9 Å². The van der Waals surface area contributed by atoms with E-state index in [0.29, 0.717) is 32.5 Å². The molecular weight excluding hydrogens is 406 g/mol. The molecule has 1 aromatic rings. The molecule has 0 radical (unpaired) electrons. The summed E-state index contributed by atoms with van der Waals surface area (Å²) in [6.07, 6.45) is 1.02. The fourth-order valence-corrected chi connectivity index (χ4v) is 4.33. The van der Waals surface area contributed by atoms with E-state index >= 15 is 0 Å². The molecule has 28 heavy (non-hydrogen) atoms. The summed E-state index contributed by atoms with van der Waals surface area (Å²) < 4.78 is 25.4. The third-order valence-electron chi connectivity index (χ3n) is 4.72. The Balaban J connectivity index is 0.00000392. The van der Waals surface area contributed by atoms with Gasteiger partial charge >= 0.3 is 5.97 Å². The number of aliphatic carboxylic acids is 1. The minimum atomic E-state index is -3.24. The van der Waals surface area contributed by atoms with E-state index in [0.717, 1.165) is 5.56 Å². The fourth-order valence-electron chi connectivity index (χ4n) is 3.19. The zero-order valence-corrected chi connectivity index (χ0v) is 17.5. The lowest BCUT2D eigenvalue weighted by Crippen LogP contribution is -2.51. The van der Waals surface area contributed by atoms with Gasteiger partial charge in [0.15, 0.2) is 0 Å². The Morgan fingerprint density at radius 3 is 2.32 bits per heavy atom. The number of carboxylic acids is 1. The van der Waals surface area contributed by atoms with Gasteiger partial charge in [-0.25, -0.2) is 12.7 Å². The normalized spacial score (nSPS) is 15.8. The molecule has 0 atom stereocenters. The van der Waals surface area contributed by atoms with E-state index in [1.54, 1.807) is 11.8 Å². The van der Waals surface area contributed by atoms with Gasteiger partial charge in [0.25, 0.3) is 0 Å². The zero-order chi connectivity index (χ0) is 19.9. The lowest BCUT2D eigenvalue weighted by molar-refractivity contribution is -0.139. The highest BCUT2D eigenvalue weighted by Gasteiger charge is 2.31. The number of carbonyl (C=O) groups excluding carboxylic acids is 1. The van der Waals surface area contributed by atoms with Crippen LogP contribution >= 0.6 is 12.4 Å². The van der Waals surface area contributed by atoms with Crippen LogP contribution in [-0.4, -0.2) is 72.6 Å². The maximum absolute atomic E-state index is 12.3. The van der Waals surface area contributed by atoms with Crippen LogP contribution in [0.2, 0.25) is 0 Å². The van der Waals surface area contributed by atoms with Crippen LogP contribution in [0.5, 0.6) is 0 Å². The summed E-state index contributed by atoms with van der Waals surface area (Å²) in [5.74, 6) is -1.20. The topological polar surface area (TPSA) is 107 Å². The number of piperidine rings is 1. The van der Waals surface area contributed by atoms with E-state index in [-0.39, 0.29) is 43.2 Å². The van der Waals surface area contributed by atoms with Crippen LogP contribution in [0.4, 0.5) is 0 Å². The molecular formula is C18H28ClN3O5S. The first-order chi connectivity index (χ1) is 12.8. The molecule has 1 aliphatic rings. The monoisotopic (exact) mass is 433 g/mol.